The van der Waals surface area contributed by atoms with E-state index in [1.165, 1.54) is 0 Å². The van der Waals surface area contributed by atoms with Crippen LogP contribution < -0.4 is 10.6 Å². The molecular formula is C13H19N3O3S. The summed E-state index contributed by atoms with van der Waals surface area (Å²) in [6.07, 6.45) is 2.21. The fraction of sp³-hybridized carbons (Fsp3) is 0.462. The van der Waals surface area contributed by atoms with Gasteiger partial charge in [-0.2, -0.15) is 0 Å². The summed E-state index contributed by atoms with van der Waals surface area (Å²) >= 11 is 1.65. The molecule has 0 aliphatic rings. The van der Waals surface area contributed by atoms with Crippen LogP contribution in [0.5, 0.6) is 0 Å². The molecule has 0 bridgehead atoms. The quantitative estimate of drug-likeness (QED) is 0.503. The number of urea groups is 1. The van der Waals surface area contributed by atoms with Gasteiger partial charge >= 0.3 is 12.0 Å². The Hall–Kier alpha value is -1.76. The van der Waals surface area contributed by atoms with Gasteiger partial charge in [0.05, 0.1) is 5.03 Å². The van der Waals surface area contributed by atoms with Gasteiger partial charge in [0.1, 0.15) is 0 Å². The van der Waals surface area contributed by atoms with Crippen LogP contribution in [0.4, 0.5) is 4.79 Å². The molecule has 1 heterocycles. The molecule has 0 unspecified atom stereocenters. The van der Waals surface area contributed by atoms with E-state index in [0.717, 1.165) is 16.3 Å². The molecule has 20 heavy (non-hydrogen) atoms. The zero-order valence-corrected chi connectivity index (χ0v) is 12.2. The molecule has 0 aliphatic carbocycles. The predicted octanol–water partition coefficient (Wildman–Crippen LogP) is 1.86. The van der Waals surface area contributed by atoms with Crippen LogP contribution >= 0.6 is 11.8 Å². The highest BCUT2D eigenvalue weighted by atomic mass is 32.2. The molecule has 0 aliphatic heterocycles. The highest BCUT2D eigenvalue weighted by molar-refractivity contribution is 7.99. The SMILES string of the molecule is CCSc1cc(CNC(=O)NCCCC(=O)O)ccn1. The molecule has 7 heteroatoms. The number of thioether (sulfide) groups is 1. The number of aliphatic carboxylic acids is 1. The van der Waals surface area contributed by atoms with E-state index < -0.39 is 5.97 Å². The molecule has 2 amide bonds. The largest absolute Gasteiger partial charge is 0.481 e. The van der Waals surface area contributed by atoms with E-state index in [0.29, 0.717) is 19.5 Å². The molecule has 1 rings (SSSR count). The fourth-order valence-electron chi connectivity index (χ4n) is 1.47. The monoisotopic (exact) mass is 297 g/mol. The second-order valence-electron chi connectivity index (χ2n) is 4.04. The number of hydrogen-bond donors (Lipinski definition) is 3. The van der Waals surface area contributed by atoms with Gasteiger partial charge in [-0.1, -0.05) is 6.92 Å². The van der Waals surface area contributed by atoms with Crippen LogP contribution in [0.15, 0.2) is 23.4 Å². The summed E-state index contributed by atoms with van der Waals surface area (Å²) in [7, 11) is 0. The number of amides is 2. The molecule has 0 spiro atoms. The van der Waals surface area contributed by atoms with Crippen molar-refractivity contribution in [1.29, 1.82) is 0 Å². The summed E-state index contributed by atoms with van der Waals surface area (Å²) in [4.78, 5) is 26.0. The van der Waals surface area contributed by atoms with Crippen molar-refractivity contribution < 1.29 is 14.7 Å². The maximum Gasteiger partial charge on any atom is 0.315 e. The lowest BCUT2D eigenvalue weighted by atomic mass is 10.3. The van der Waals surface area contributed by atoms with Crippen molar-refractivity contribution in [3.63, 3.8) is 0 Å². The molecule has 1 aromatic rings. The van der Waals surface area contributed by atoms with E-state index in [2.05, 4.69) is 22.5 Å². The summed E-state index contributed by atoms with van der Waals surface area (Å²) < 4.78 is 0. The summed E-state index contributed by atoms with van der Waals surface area (Å²) in [5.41, 5.74) is 0.983. The van der Waals surface area contributed by atoms with Crippen LogP contribution in [0.1, 0.15) is 25.3 Å². The van der Waals surface area contributed by atoms with E-state index in [9.17, 15) is 9.59 Å². The number of aromatic nitrogens is 1. The molecule has 110 valence electrons. The van der Waals surface area contributed by atoms with Crippen molar-refractivity contribution in [1.82, 2.24) is 15.6 Å². The predicted molar refractivity (Wildman–Crippen MR) is 77.7 cm³/mol. The minimum atomic E-state index is -0.857. The van der Waals surface area contributed by atoms with Crippen molar-refractivity contribution in [2.24, 2.45) is 0 Å². The topological polar surface area (TPSA) is 91.3 Å². The Morgan fingerprint density at radius 2 is 2.20 bits per heavy atom. The number of nitrogens with one attached hydrogen (secondary N) is 2. The molecule has 1 aromatic heterocycles. The molecule has 0 saturated carbocycles. The van der Waals surface area contributed by atoms with Crippen LogP contribution in [0.25, 0.3) is 0 Å². The molecule has 3 N–H and O–H groups in total. The number of carboxylic acids is 1. The van der Waals surface area contributed by atoms with Crippen molar-refractivity contribution in [2.75, 3.05) is 12.3 Å². The number of pyridine rings is 1. The van der Waals surface area contributed by atoms with Crippen LogP contribution in [0.3, 0.4) is 0 Å². The van der Waals surface area contributed by atoms with Crippen LogP contribution in [0.2, 0.25) is 0 Å². The van der Waals surface area contributed by atoms with Gasteiger partial charge in [-0.15, -0.1) is 11.8 Å². The molecule has 0 radical (unpaired) electrons. The standard InChI is InChI=1S/C13H19N3O3S/c1-2-20-11-8-10(5-7-14-11)9-16-13(19)15-6-3-4-12(17)18/h5,7-8H,2-4,6,9H2,1H3,(H,17,18)(H2,15,16,19). The van der Waals surface area contributed by atoms with Gasteiger partial charge in [0.2, 0.25) is 0 Å². The Morgan fingerprint density at radius 3 is 2.90 bits per heavy atom. The lowest BCUT2D eigenvalue weighted by molar-refractivity contribution is -0.137. The van der Waals surface area contributed by atoms with Crippen molar-refractivity contribution in [3.05, 3.63) is 23.9 Å². The Labute approximate surface area is 122 Å². The smallest absolute Gasteiger partial charge is 0.315 e. The fourth-order valence-corrected chi connectivity index (χ4v) is 2.14. The van der Waals surface area contributed by atoms with E-state index in [-0.39, 0.29) is 12.5 Å². The third kappa shape index (κ3) is 6.98. The summed E-state index contributed by atoms with van der Waals surface area (Å²) in [6, 6.07) is 3.50. The molecule has 0 saturated heterocycles. The van der Waals surface area contributed by atoms with Gasteiger partial charge in [0.25, 0.3) is 0 Å². The van der Waals surface area contributed by atoms with Crippen LogP contribution in [0, 0.1) is 0 Å². The van der Waals surface area contributed by atoms with Gasteiger partial charge in [0, 0.05) is 25.7 Å². The highest BCUT2D eigenvalue weighted by Gasteiger charge is 2.02. The highest BCUT2D eigenvalue weighted by Crippen LogP contribution is 2.15. The molecule has 6 nitrogen and oxygen atoms in total. The van der Waals surface area contributed by atoms with Gasteiger partial charge in [0.15, 0.2) is 0 Å². The zero-order valence-electron chi connectivity index (χ0n) is 11.4. The van der Waals surface area contributed by atoms with Crippen LogP contribution in [-0.2, 0) is 11.3 Å². The summed E-state index contributed by atoms with van der Waals surface area (Å²) in [6.45, 7) is 2.83. The third-order valence-electron chi connectivity index (χ3n) is 2.40. The maximum absolute atomic E-state index is 11.5. The Bertz CT molecular complexity index is 454. The number of carboxylic acid groups (broad SMARTS) is 1. The summed E-state index contributed by atoms with van der Waals surface area (Å²) in [5, 5.41) is 14.7. The summed E-state index contributed by atoms with van der Waals surface area (Å²) in [5.74, 6) is 0.0958. The van der Waals surface area contributed by atoms with Crippen molar-refractivity contribution in [2.45, 2.75) is 31.3 Å². The Balaban J connectivity index is 2.26. The number of carbonyl (C=O) groups is 2. The molecule has 0 aromatic carbocycles. The number of hydrogen-bond acceptors (Lipinski definition) is 4. The number of carbonyl (C=O) groups excluding carboxylic acids is 1. The van der Waals surface area contributed by atoms with Gasteiger partial charge in [-0.05, 0) is 29.9 Å². The van der Waals surface area contributed by atoms with Gasteiger partial charge in [-0.3, -0.25) is 4.79 Å². The average Bonchev–Trinajstić information content (AvgIpc) is 2.42. The minimum absolute atomic E-state index is 0.0578. The molecule has 0 fully saturated rings. The number of nitrogens with zero attached hydrogens (tertiary/aromatic N) is 1. The first-order valence-corrected chi connectivity index (χ1v) is 7.41. The van der Waals surface area contributed by atoms with Gasteiger partial charge < -0.3 is 15.7 Å². The minimum Gasteiger partial charge on any atom is -0.481 e. The Kier molecular flexibility index (Phi) is 7.49. The van der Waals surface area contributed by atoms with Gasteiger partial charge in [-0.25, -0.2) is 9.78 Å². The zero-order chi connectivity index (χ0) is 14.8. The molecular weight excluding hydrogens is 278 g/mol. The van der Waals surface area contributed by atoms with Crippen LogP contribution in [-0.4, -0.2) is 34.4 Å². The van der Waals surface area contributed by atoms with E-state index in [1.807, 2.05) is 12.1 Å². The second kappa shape index (κ2) is 9.19. The first-order chi connectivity index (χ1) is 9.61. The van der Waals surface area contributed by atoms with Crippen molar-refractivity contribution >= 4 is 23.8 Å². The van der Waals surface area contributed by atoms with E-state index in [4.69, 9.17) is 5.11 Å². The Morgan fingerprint density at radius 1 is 1.40 bits per heavy atom. The van der Waals surface area contributed by atoms with Crippen molar-refractivity contribution in [3.8, 4) is 0 Å². The van der Waals surface area contributed by atoms with E-state index in [1.54, 1.807) is 18.0 Å². The average molecular weight is 297 g/mol. The normalized spacial score (nSPS) is 10.1. The third-order valence-corrected chi connectivity index (χ3v) is 3.21. The van der Waals surface area contributed by atoms with E-state index >= 15 is 0 Å². The number of rotatable bonds is 8. The first-order valence-electron chi connectivity index (χ1n) is 6.43. The second-order valence-corrected chi connectivity index (χ2v) is 5.33. The molecule has 0 atom stereocenters. The first kappa shape index (κ1) is 16.3. The lowest BCUT2D eigenvalue weighted by Gasteiger charge is -2.07. The maximum atomic E-state index is 11.5. The lowest BCUT2D eigenvalue weighted by Crippen LogP contribution is -2.35.